The maximum atomic E-state index is 11.9. The Bertz CT molecular complexity index is 563. The SMILES string of the molecule is CSCC[C@H](N)C(=O)NCC(O)c1cc(Cl)c2c(c1)OCCO2.Cl. The van der Waals surface area contributed by atoms with Gasteiger partial charge >= 0.3 is 0 Å². The van der Waals surface area contributed by atoms with Crippen molar-refractivity contribution in [2.24, 2.45) is 5.73 Å². The first-order valence-electron chi connectivity index (χ1n) is 7.32. The lowest BCUT2D eigenvalue weighted by molar-refractivity contribution is -0.122. The van der Waals surface area contributed by atoms with Crippen molar-refractivity contribution in [1.82, 2.24) is 5.32 Å². The number of hydrogen-bond acceptors (Lipinski definition) is 6. The number of carbonyl (C=O) groups is 1. The highest BCUT2D eigenvalue weighted by atomic mass is 35.5. The summed E-state index contributed by atoms with van der Waals surface area (Å²) in [5, 5.41) is 13.3. The van der Waals surface area contributed by atoms with E-state index in [9.17, 15) is 9.90 Å². The standard InChI is InChI=1S/C15H21ClN2O4S.ClH/c1-23-5-2-11(17)15(20)18-8-12(19)9-6-10(16)14-13(7-9)21-3-4-22-14;/h6-7,11-12,19H,2-5,8,17H2,1H3,(H,18,20);1H/t11-,12?;/m0./s1. The molecule has 4 N–H and O–H groups in total. The Kier molecular flexibility index (Phi) is 9.01. The van der Waals surface area contributed by atoms with Gasteiger partial charge in [0.15, 0.2) is 11.5 Å². The fourth-order valence-corrected chi connectivity index (χ4v) is 2.91. The maximum absolute atomic E-state index is 11.9. The molecule has 2 atom stereocenters. The van der Waals surface area contributed by atoms with Crippen LogP contribution in [0.2, 0.25) is 5.02 Å². The monoisotopic (exact) mass is 396 g/mol. The van der Waals surface area contributed by atoms with Crippen molar-refractivity contribution in [2.75, 3.05) is 31.8 Å². The van der Waals surface area contributed by atoms with Crippen LogP contribution in [-0.4, -0.2) is 48.8 Å². The second kappa shape index (κ2) is 10.2. The van der Waals surface area contributed by atoms with Gasteiger partial charge in [0.05, 0.1) is 17.2 Å². The van der Waals surface area contributed by atoms with Crippen molar-refractivity contribution in [3.63, 3.8) is 0 Å². The molecule has 1 amide bonds. The third-order valence-electron chi connectivity index (χ3n) is 3.44. The molecule has 0 radical (unpaired) electrons. The van der Waals surface area contributed by atoms with Crippen LogP contribution >= 0.6 is 35.8 Å². The first-order valence-corrected chi connectivity index (χ1v) is 9.09. The molecule has 9 heteroatoms. The highest BCUT2D eigenvalue weighted by molar-refractivity contribution is 7.98. The molecule has 0 saturated heterocycles. The topological polar surface area (TPSA) is 93.8 Å². The van der Waals surface area contributed by atoms with Crippen LogP contribution in [0.4, 0.5) is 0 Å². The third kappa shape index (κ3) is 5.60. The normalized spacial score (nSPS) is 15.2. The molecule has 24 heavy (non-hydrogen) atoms. The fraction of sp³-hybridized carbons (Fsp3) is 0.533. The largest absolute Gasteiger partial charge is 0.486 e. The predicted molar refractivity (Wildman–Crippen MR) is 98.6 cm³/mol. The van der Waals surface area contributed by atoms with Crippen molar-refractivity contribution in [3.8, 4) is 11.5 Å². The Morgan fingerprint density at radius 2 is 2.17 bits per heavy atom. The van der Waals surface area contributed by atoms with Gasteiger partial charge in [-0.25, -0.2) is 0 Å². The van der Waals surface area contributed by atoms with Gasteiger partial charge in [-0.05, 0) is 36.1 Å². The van der Waals surface area contributed by atoms with Crippen LogP contribution < -0.4 is 20.5 Å². The van der Waals surface area contributed by atoms with Crippen molar-refractivity contribution < 1.29 is 19.4 Å². The van der Waals surface area contributed by atoms with Gasteiger partial charge in [-0.1, -0.05) is 11.6 Å². The van der Waals surface area contributed by atoms with E-state index in [0.29, 0.717) is 41.7 Å². The molecular weight excluding hydrogens is 375 g/mol. The van der Waals surface area contributed by atoms with Crippen LogP contribution in [-0.2, 0) is 4.79 Å². The van der Waals surface area contributed by atoms with E-state index in [-0.39, 0.29) is 24.9 Å². The van der Waals surface area contributed by atoms with E-state index in [1.54, 1.807) is 23.9 Å². The number of carbonyl (C=O) groups excluding carboxylic acids is 1. The minimum absolute atomic E-state index is 0. The van der Waals surface area contributed by atoms with Crippen LogP contribution in [0.5, 0.6) is 11.5 Å². The van der Waals surface area contributed by atoms with Crippen LogP contribution in [0.25, 0.3) is 0 Å². The molecule has 0 saturated carbocycles. The van der Waals surface area contributed by atoms with Crippen LogP contribution in [0.1, 0.15) is 18.1 Å². The van der Waals surface area contributed by atoms with Crippen molar-refractivity contribution >= 4 is 41.7 Å². The van der Waals surface area contributed by atoms with Gasteiger partial charge in [0, 0.05) is 6.54 Å². The zero-order chi connectivity index (χ0) is 16.8. The summed E-state index contributed by atoms with van der Waals surface area (Å²) in [6.45, 7) is 0.935. The van der Waals surface area contributed by atoms with Crippen molar-refractivity contribution in [1.29, 1.82) is 0 Å². The summed E-state index contributed by atoms with van der Waals surface area (Å²) in [5.74, 6) is 1.52. The molecular formula is C15H22Cl2N2O4S. The van der Waals surface area contributed by atoms with Crippen LogP contribution in [0.15, 0.2) is 12.1 Å². The van der Waals surface area contributed by atoms with E-state index >= 15 is 0 Å². The minimum atomic E-state index is -0.903. The lowest BCUT2D eigenvalue weighted by Crippen LogP contribution is -2.42. The van der Waals surface area contributed by atoms with Crippen LogP contribution in [0, 0.1) is 0 Å². The number of nitrogens with two attached hydrogens (primary N) is 1. The van der Waals surface area contributed by atoms with Crippen molar-refractivity contribution in [2.45, 2.75) is 18.6 Å². The molecule has 0 bridgehead atoms. The second-order valence-corrected chi connectivity index (χ2v) is 6.57. The lowest BCUT2D eigenvalue weighted by Gasteiger charge is -2.22. The van der Waals surface area contributed by atoms with Crippen LogP contribution in [0.3, 0.4) is 0 Å². The van der Waals surface area contributed by atoms with Gasteiger partial charge < -0.3 is 25.6 Å². The van der Waals surface area contributed by atoms with E-state index in [1.807, 2.05) is 6.26 Å². The summed E-state index contributed by atoms with van der Waals surface area (Å²) in [7, 11) is 0. The number of aliphatic hydroxyl groups is 1. The number of ether oxygens (including phenoxy) is 2. The Balaban J connectivity index is 0.00000288. The molecule has 1 heterocycles. The van der Waals surface area contributed by atoms with E-state index in [2.05, 4.69) is 5.32 Å². The summed E-state index contributed by atoms with van der Waals surface area (Å²) in [6.07, 6.45) is 1.65. The molecule has 0 spiro atoms. The molecule has 6 nitrogen and oxygen atoms in total. The first-order chi connectivity index (χ1) is 11.0. The van der Waals surface area contributed by atoms with Gasteiger partial charge in [-0.3, -0.25) is 4.79 Å². The number of rotatable bonds is 7. The number of hydrogen-bond donors (Lipinski definition) is 3. The minimum Gasteiger partial charge on any atom is -0.486 e. The summed E-state index contributed by atoms with van der Waals surface area (Å²) in [5.41, 5.74) is 6.33. The molecule has 1 unspecified atom stereocenters. The number of amides is 1. The Labute approximate surface area is 156 Å². The summed E-state index contributed by atoms with van der Waals surface area (Å²) < 4.78 is 10.9. The molecule has 0 aromatic heterocycles. The highest BCUT2D eigenvalue weighted by Crippen LogP contribution is 2.39. The predicted octanol–water partition coefficient (Wildman–Crippen LogP) is 1.76. The average molecular weight is 397 g/mol. The molecule has 1 aromatic rings. The van der Waals surface area contributed by atoms with E-state index < -0.39 is 12.1 Å². The highest BCUT2D eigenvalue weighted by Gasteiger charge is 2.20. The molecule has 1 aromatic carbocycles. The van der Waals surface area contributed by atoms with Gasteiger partial charge in [0.25, 0.3) is 0 Å². The van der Waals surface area contributed by atoms with Gasteiger partial charge in [-0.2, -0.15) is 11.8 Å². The molecule has 136 valence electrons. The summed E-state index contributed by atoms with van der Waals surface area (Å²) in [4.78, 5) is 11.9. The van der Waals surface area contributed by atoms with Gasteiger partial charge in [0.1, 0.15) is 13.2 Å². The molecule has 0 aliphatic carbocycles. The van der Waals surface area contributed by atoms with E-state index in [0.717, 1.165) is 5.75 Å². The summed E-state index contributed by atoms with van der Waals surface area (Å²) >= 11 is 7.77. The number of fused-ring (bicyclic) bond motifs is 1. The lowest BCUT2D eigenvalue weighted by atomic mass is 10.1. The van der Waals surface area contributed by atoms with Crippen molar-refractivity contribution in [3.05, 3.63) is 22.7 Å². The Hall–Kier alpha value is -0.860. The van der Waals surface area contributed by atoms with E-state index in [1.165, 1.54) is 0 Å². The Morgan fingerprint density at radius 3 is 2.88 bits per heavy atom. The smallest absolute Gasteiger partial charge is 0.237 e. The second-order valence-electron chi connectivity index (χ2n) is 5.18. The number of halogens is 2. The summed E-state index contributed by atoms with van der Waals surface area (Å²) in [6, 6.07) is 2.71. The van der Waals surface area contributed by atoms with E-state index in [4.69, 9.17) is 26.8 Å². The first kappa shape index (κ1) is 21.2. The molecule has 1 aliphatic rings. The number of nitrogens with one attached hydrogen (secondary N) is 1. The molecule has 1 aliphatic heterocycles. The molecule has 2 rings (SSSR count). The Morgan fingerprint density at radius 1 is 1.46 bits per heavy atom. The maximum Gasteiger partial charge on any atom is 0.237 e. The van der Waals surface area contributed by atoms with Gasteiger partial charge in [0.2, 0.25) is 5.91 Å². The number of thioether (sulfide) groups is 1. The molecule has 0 fully saturated rings. The quantitative estimate of drug-likeness (QED) is 0.649. The number of benzene rings is 1. The zero-order valence-corrected chi connectivity index (χ0v) is 15.7. The zero-order valence-electron chi connectivity index (χ0n) is 13.3. The van der Waals surface area contributed by atoms with Gasteiger partial charge in [-0.15, -0.1) is 12.4 Å². The fourth-order valence-electron chi connectivity index (χ4n) is 2.15. The average Bonchev–Trinajstić information content (AvgIpc) is 2.57. The number of aliphatic hydroxyl groups excluding tert-OH is 1. The third-order valence-corrected chi connectivity index (χ3v) is 4.37.